The van der Waals surface area contributed by atoms with Crippen LogP contribution in [0.25, 0.3) is 0 Å². The van der Waals surface area contributed by atoms with E-state index in [1.54, 1.807) is 0 Å². The Balaban J connectivity index is 1.58. The Bertz CT molecular complexity index is 685. The number of rotatable bonds is 5. The summed E-state index contributed by atoms with van der Waals surface area (Å²) in [6.07, 6.45) is 6.84. The van der Waals surface area contributed by atoms with E-state index in [1.807, 2.05) is 20.8 Å². The van der Waals surface area contributed by atoms with Gasteiger partial charge in [-0.15, -0.1) is 0 Å². The van der Waals surface area contributed by atoms with Crippen molar-refractivity contribution < 1.29 is 5.11 Å². The van der Waals surface area contributed by atoms with E-state index >= 15 is 0 Å². The molecule has 3 aliphatic heterocycles. The van der Waals surface area contributed by atoms with E-state index in [-0.39, 0.29) is 5.41 Å². The summed E-state index contributed by atoms with van der Waals surface area (Å²) in [7, 11) is 0. The number of amidine groups is 1. The van der Waals surface area contributed by atoms with E-state index in [9.17, 15) is 5.11 Å². The van der Waals surface area contributed by atoms with Gasteiger partial charge < -0.3 is 20.6 Å². The molecule has 0 amide bonds. The Morgan fingerprint density at radius 2 is 1.84 bits per heavy atom. The zero-order valence-electron chi connectivity index (χ0n) is 20.3. The molecule has 0 radical (unpaired) electrons. The number of hydrogen-bond acceptors (Lipinski definition) is 6. The lowest BCUT2D eigenvalue weighted by atomic mass is 9.94. The molecule has 176 valence electrons. The minimum Gasteiger partial charge on any atom is -0.382 e. The molecule has 2 fully saturated rings. The zero-order valence-corrected chi connectivity index (χ0v) is 20.3. The first-order valence-electron chi connectivity index (χ1n) is 12.2. The van der Waals surface area contributed by atoms with Gasteiger partial charge in [0.2, 0.25) is 0 Å². The van der Waals surface area contributed by atoms with Crippen molar-refractivity contribution in [3.8, 4) is 0 Å². The third-order valence-electron chi connectivity index (χ3n) is 6.89. The second-order valence-electron chi connectivity index (χ2n) is 10.7. The quantitative estimate of drug-likeness (QED) is 0.516. The van der Waals surface area contributed by atoms with Gasteiger partial charge in [0, 0.05) is 43.7 Å². The minimum absolute atomic E-state index is 0.335. The van der Waals surface area contributed by atoms with Crippen LogP contribution in [0.4, 0.5) is 0 Å². The predicted octanol–water partition coefficient (Wildman–Crippen LogP) is 2.66. The minimum atomic E-state index is -0.821. The van der Waals surface area contributed by atoms with Crippen molar-refractivity contribution in [2.75, 3.05) is 39.3 Å². The molecule has 0 spiro atoms. The number of nitrogens with zero attached hydrogens (tertiary/aromatic N) is 5. The van der Waals surface area contributed by atoms with Crippen LogP contribution in [0, 0.1) is 5.41 Å². The van der Waals surface area contributed by atoms with E-state index in [4.69, 9.17) is 10.7 Å². The molecule has 0 aliphatic carbocycles. The molecule has 7 heteroatoms. The SMILES string of the molecule is CC(C)N1CCC(N2CCCN(C3=CCCC(C(N)=NC(O)C(C)(C)C)=N3)CC2)CC1. The second-order valence-corrected chi connectivity index (χ2v) is 10.7. The van der Waals surface area contributed by atoms with Crippen LogP contribution in [0.3, 0.4) is 0 Å². The van der Waals surface area contributed by atoms with Crippen LogP contribution in [0.5, 0.6) is 0 Å². The molecule has 3 rings (SSSR count). The van der Waals surface area contributed by atoms with Crippen molar-refractivity contribution in [1.82, 2.24) is 14.7 Å². The van der Waals surface area contributed by atoms with Crippen molar-refractivity contribution in [3.05, 3.63) is 11.9 Å². The predicted molar refractivity (Wildman–Crippen MR) is 129 cm³/mol. The number of allylic oxidation sites excluding steroid dienone is 1. The molecule has 1 unspecified atom stereocenters. The van der Waals surface area contributed by atoms with Gasteiger partial charge in [-0.05, 0) is 65.1 Å². The molecule has 31 heavy (non-hydrogen) atoms. The van der Waals surface area contributed by atoms with Gasteiger partial charge in [-0.25, -0.2) is 9.98 Å². The van der Waals surface area contributed by atoms with E-state index in [1.165, 1.54) is 38.9 Å². The van der Waals surface area contributed by atoms with Crippen LogP contribution in [-0.4, -0.2) is 88.9 Å². The number of piperidine rings is 1. The molecule has 1 atom stereocenters. The maximum atomic E-state index is 10.3. The largest absolute Gasteiger partial charge is 0.382 e. The standard InChI is InChI=1S/C24H44N6O/c1-18(2)28-14-10-19(11-15-28)29-12-7-13-30(17-16-29)21-9-6-8-20(26-21)22(25)27-23(31)24(3,4)5/h9,18-19,23,31H,6-8,10-17H2,1-5H3,(H2,25,27). The van der Waals surface area contributed by atoms with Crippen molar-refractivity contribution in [2.45, 2.75) is 85.0 Å². The summed E-state index contributed by atoms with van der Waals surface area (Å²) in [5.74, 6) is 1.41. The van der Waals surface area contributed by atoms with Gasteiger partial charge in [-0.1, -0.05) is 20.8 Å². The lowest BCUT2D eigenvalue weighted by Crippen LogP contribution is -2.47. The van der Waals surface area contributed by atoms with Gasteiger partial charge in [0.1, 0.15) is 11.7 Å². The smallest absolute Gasteiger partial charge is 0.152 e. The average Bonchev–Trinajstić information content (AvgIpc) is 2.99. The summed E-state index contributed by atoms with van der Waals surface area (Å²) in [5.41, 5.74) is 6.69. The Kier molecular flexibility index (Phi) is 8.16. The summed E-state index contributed by atoms with van der Waals surface area (Å²) in [6, 6.07) is 1.38. The van der Waals surface area contributed by atoms with Gasteiger partial charge in [-0.3, -0.25) is 4.90 Å². The fourth-order valence-electron chi connectivity index (χ4n) is 4.66. The molecule has 0 saturated carbocycles. The Morgan fingerprint density at radius 3 is 2.48 bits per heavy atom. The van der Waals surface area contributed by atoms with Gasteiger partial charge in [0.15, 0.2) is 6.23 Å². The number of aliphatic hydroxyl groups is 1. The molecular formula is C24H44N6O. The molecule has 7 nitrogen and oxygen atoms in total. The highest BCUT2D eigenvalue weighted by Crippen LogP contribution is 2.23. The number of aliphatic hydroxyl groups excluding tert-OH is 1. The summed E-state index contributed by atoms with van der Waals surface area (Å²) in [4.78, 5) is 16.9. The number of likely N-dealkylation sites (tertiary alicyclic amines) is 1. The molecule has 0 aromatic carbocycles. The summed E-state index contributed by atoms with van der Waals surface area (Å²) < 4.78 is 0. The van der Waals surface area contributed by atoms with E-state index in [0.29, 0.717) is 11.9 Å². The maximum Gasteiger partial charge on any atom is 0.152 e. The third-order valence-corrected chi connectivity index (χ3v) is 6.89. The van der Waals surface area contributed by atoms with Gasteiger partial charge in [0.05, 0.1) is 5.71 Å². The van der Waals surface area contributed by atoms with Crippen molar-refractivity contribution in [1.29, 1.82) is 0 Å². The first-order valence-corrected chi connectivity index (χ1v) is 12.2. The molecular weight excluding hydrogens is 388 g/mol. The van der Waals surface area contributed by atoms with Crippen molar-refractivity contribution in [2.24, 2.45) is 21.1 Å². The second kappa shape index (κ2) is 10.5. The van der Waals surface area contributed by atoms with Gasteiger partial charge >= 0.3 is 0 Å². The average molecular weight is 433 g/mol. The van der Waals surface area contributed by atoms with Gasteiger partial charge in [0.25, 0.3) is 0 Å². The van der Waals surface area contributed by atoms with Crippen LogP contribution in [0.1, 0.15) is 66.7 Å². The van der Waals surface area contributed by atoms with E-state index in [0.717, 1.165) is 50.1 Å². The molecule has 2 saturated heterocycles. The monoisotopic (exact) mass is 432 g/mol. The Morgan fingerprint density at radius 1 is 1.13 bits per heavy atom. The molecule has 3 N–H and O–H groups in total. The van der Waals surface area contributed by atoms with Crippen LogP contribution >= 0.6 is 0 Å². The van der Waals surface area contributed by atoms with Gasteiger partial charge in [-0.2, -0.15) is 0 Å². The lowest BCUT2D eigenvalue weighted by molar-refractivity contribution is 0.0716. The summed E-state index contributed by atoms with van der Waals surface area (Å²) in [5, 5.41) is 10.3. The van der Waals surface area contributed by atoms with Crippen LogP contribution in [-0.2, 0) is 0 Å². The Hall–Kier alpha value is -1.44. The van der Waals surface area contributed by atoms with Crippen LogP contribution < -0.4 is 5.73 Å². The fourth-order valence-corrected chi connectivity index (χ4v) is 4.66. The first kappa shape index (κ1) is 24.2. The number of nitrogens with two attached hydrogens (primary N) is 1. The highest BCUT2D eigenvalue weighted by Gasteiger charge is 2.28. The number of hydrogen-bond donors (Lipinski definition) is 2. The summed E-state index contributed by atoms with van der Waals surface area (Å²) >= 11 is 0. The third kappa shape index (κ3) is 6.53. The van der Waals surface area contributed by atoms with E-state index < -0.39 is 6.23 Å². The maximum absolute atomic E-state index is 10.3. The Labute approximate surface area is 189 Å². The van der Waals surface area contributed by atoms with Crippen LogP contribution in [0.15, 0.2) is 21.9 Å². The fraction of sp³-hybridized carbons (Fsp3) is 0.833. The number of aliphatic imine (C=N–C) groups is 2. The molecule has 3 heterocycles. The lowest BCUT2D eigenvalue weighted by Gasteiger charge is -2.39. The summed E-state index contributed by atoms with van der Waals surface area (Å²) in [6.45, 7) is 17.2. The molecule has 0 aromatic heterocycles. The highest BCUT2D eigenvalue weighted by molar-refractivity contribution is 6.41. The highest BCUT2D eigenvalue weighted by atomic mass is 16.3. The normalized spacial score (nSPS) is 24.7. The van der Waals surface area contributed by atoms with E-state index in [2.05, 4.69) is 39.6 Å². The molecule has 0 aromatic rings. The zero-order chi connectivity index (χ0) is 22.6. The first-order chi connectivity index (χ1) is 14.6. The van der Waals surface area contributed by atoms with Crippen molar-refractivity contribution in [3.63, 3.8) is 0 Å². The molecule has 0 bridgehead atoms. The molecule has 3 aliphatic rings. The topological polar surface area (TPSA) is 80.7 Å². The van der Waals surface area contributed by atoms with Crippen LogP contribution in [0.2, 0.25) is 0 Å². The van der Waals surface area contributed by atoms with Crippen molar-refractivity contribution >= 4 is 11.5 Å².